The zero-order chi connectivity index (χ0) is 18.4. The summed E-state index contributed by atoms with van der Waals surface area (Å²) in [6.07, 6.45) is 2.04. The van der Waals surface area contributed by atoms with Crippen molar-refractivity contribution in [3.8, 4) is 0 Å². The smallest absolute Gasteiger partial charge is 0.288 e. The minimum atomic E-state index is -3.28. The molecule has 6 rings (SSSR count). The Balaban J connectivity index is 1.44. The molecule has 4 aliphatic rings. The van der Waals surface area contributed by atoms with E-state index < -0.39 is 39.9 Å². The van der Waals surface area contributed by atoms with E-state index in [1.54, 1.807) is 6.07 Å². The Morgan fingerprint density at radius 2 is 1.69 bits per heavy atom. The van der Waals surface area contributed by atoms with Crippen molar-refractivity contribution in [2.45, 2.75) is 36.2 Å². The van der Waals surface area contributed by atoms with Gasteiger partial charge in [-0.1, -0.05) is 6.07 Å². The molecule has 0 spiro atoms. The van der Waals surface area contributed by atoms with Gasteiger partial charge in [-0.25, -0.2) is 22.5 Å². The Kier molecular flexibility index (Phi) is 2.88. The SMILES string of the molecule is Fc1ccc(C2(C(F)(F)C34CC(c5ccc(F)nc5)(C3)C4)CO2)c(F)c1. The number of rotatable bonds is 4. The quantitative estimate of drug-likeness (QED) is 0.452. The van der Waals surface area contributed by atoms with Crippen molar-refractivity contribution in [2.24, 2.45) is 5.41 Å². The highest BCUT2D eigenvalue weighted by atomic mass is 19.3. The van der Waals surface area contributed by atoms with Crippen molar-refractivity contribution >= 4 is 0 Å². The summed E-state index contributed by atoms with van der Waals surface area (Å²) in [4.78, 5) is 3.60. The second-order valence-corrected chi connectivity index (χ2v) is 7.77. The minimum absolute atomic E-state index is 0.217. The highest BCUT2D eigenvalue weighted by Gasteiger charge is 2.85. The van der Waals surface area contributed by atoms with Crippen LogP contribution in [0.3, 0.4) is 0 Å². The number of aromatic nitrogens is 1. The van der Waals surface area contributed by atoms with Gasteiger partial charge in [0.2, 0.25) is 5.95 Å². The molecule has 0 N–H and O–H groups in total. The minimum Gasteiger partial charge on any atom is -0.358 e. The van der Waals surface area contributed by atoms with Gasteiger partial charge in [-0.2, -0.15) is 4.39 Å². The van der Waals surface area contributed by atoms with Crippen molar-refractivity contribution in [1.29, 1.82) is 0 Å². The Morgan fingerprint density at radius 3 is 2.23 bits per heavy atom. The fourth-order valence-electron chi connectivity index (χ4n) is 4.94. The molecule has 0 radical (unpaired) electrons. The van der Waals surface area contributed by atoms with Gasteiger partial charge in [-0.05, 0) is 48.4 Å². The van der Waals surface area contributed by atoms with Gasteiger partial charge in [0.15, 0.2) is 5.60 Å². The normalized spacial score (nSPS) is 34.8. The molecule has 26 heavy (non-hydrogen) atoms. The van der Waals surface area contributed by atoms with Crippen molar-refractivity contribution in [3.05, 3.63) is 65.2 Å². The maximum atomic E-state index is 15.4. The van der Waals surface area contributed by atoms with Crippen LogP contribution >= 0.6 is 0 Å². The van der Waals surface area contributed by atoms with Gasteiger partial charge < -0.3 is 4.74 Å². The third-order valence-corrected chi connectivity index (χ3v) is 6.34. The summed E-state index contributed by atoms with van der Waals surface area (Å²) in [5.41, 5.74) is -3.28. The fraction of sp³-hybridized carbons (Fsp3) is 0.421. The first-order valence-electron chi connectivity index (χ1n) is 8.33. The van der Waals surface area contributed by atoms with Crippen LogP contribution in [-0.4, -0.2) is 17.5 Å². The molecule has 2 heterocycles. The monoisotopic (exact) mass is 367 g/mol. The number of halogens is 5. The molecule has 1 saturated heterocycles. The maximum Gasteiger partial charge on any atom is 0.288 e. The van der Waals surface area contributed by atoms with Crippen molar-refractivity contribution in [3.63, 3.8) is 0 Å². The summed E-state index contributed by atoms with van der Waals surface area (Å²) in [6, 6.07) is 5.40. The first-order chi connectivity index (χ1) is 12.2. The lowest BCUT2D eigenvalue weighted by molar-refractivity contribution is -0.306. The highest BCUT2D eigenvalue weighted by molar-refractivity contribution is 5.43. The number of hydrogen-bond acceptors (Lipinski definition) is 2. The molecule has 2 nitrogen and oxygen atoms in total. The number of alkyl halides is 2. The van der Waals surface area contributed by atoms with Gasteiger partial charge in [-0.3, -0.25) is 0 Å². The van der Waals surface area contributed by atoms with Crippen LogP contribution in [0.2, 0.25) is 0 Å². The van der Waals surface area contributed by atoms with E-state index in [1.165, 1.54) is 12.3 Å². The standard InChI is InChI=1S/C19H14F5NO/c20-12-2-3-13(14(21)5-12)18(10-26-18)19(23,24)17-7-16(8-17,9-17)11-1-4-15(22)25-6-11/h1-6H,7-10H2. The maximum absolute atomic E-state index is 15.4. The lowest BCUT2D eigenvalue weighted by atomic mass is 9.31. The van der Waals surface area contributed by atoms with Crippen LogP contribution in [0.5, 0.6) is 0 Å². The van der Waals surface area contributed by atoms with Crippen LogP contribution in [0.15, 0.2) is 36.5 Å². The molecule has 7 heteroatoms. The van der Waals surface area contributed by atoms with Gasteiger partial charge in [-0.15, -0.1) is 0 Å². The first-order valence-corrected chi connectivity index (χ1v) is 8.33. The molecule has 4 fully saturated rings. The van der Waals surface area contributed by atoms with E-state index in [1.807, 2.05) is 0 Å². The molecule has 2 aromatic rings. The van der Waals surface area contributed by atoms with Gasteiger partial charge in [0.25, 0.3) is 5.92 Å². The molecule has 136 valence electrons. The topological polar surface area (TPSA) is 25.4 Å². The van der Waals surface area contributed by atoms with E-state index >= 15 is 8.78 Å². The van der Waals surface area contributed by atoms with Gasteiger partial charge >= 0.3 is 0 Å². The number of hydrogen-bond donors (Lipinski definition) is 0. The molecule has 1 aromatic carbocycles. The lowest BCUT2D eigenvalue weighted by Gasteiger charge is -2.73. The lowest BCUT2D eigenvalue weighted by Crippen LogP contribution is -2.74. The van der Waals surface area contributed by atoms with Crippen molar-refractivity contribution < 1.29 is 26.7 Å². The predicted octanol–water partition coefficient (Wildman–Crippen LogP) is 4.48. The average molecular weight is 367 g/mol. The molecule has 1 unspecified atom stereocenters. The number of nitrogens with zero attached hydrogens (tertiary/aromatic N) is 1. The Morgan fingerprint density at radius 1 is 1.00 bits per heavy atom. The predicted molar refractivity (Wildman–Crippen MR) is 81.1 cm³/mol. The summed E-state index contributed by atoms with van der Waals surface area (Å²) in [5.74, 6) is -5.74. The third kappa shape index (κ3) is 1.77. The Hall–Kier alpha value is -2.02. The molecule has 1 aliphatic heterocycles. The Labute approximate surface area is 146 Å². The Bertz CT molecular complexity index is 887. The van der Waals surface area contributed by atoms with Crippen molar-refractivity contribution in [2.75, 3.05) is 6.61 Å². The molecule has 1 aromatic heterocycles. The summed E-state index contributed by atoms with van der Waals surface area (Å²) >= 11 is 0. The largest absolute Gasteiger partial charge is 0.358 e. The summed E-state index contributed by atoms with van der Waals surface area (Å²) < 4.78 is 76.1. The third-order valence-electron chi connectivity index (χ3n) is 6.34. The first kappa shape index (κ1) is 16.2. The second-order valence-electron chi connectivity index (χ2n) is 7.77. The number of benzene rings is 1. The molecular formula is C19H14F5NO. The average Bonchev–Trinajstić information content (AvgIpc) is 3.28. The number of epoxide rings is 1. The van der Waals surface area contributed by atoms with Crippen LogP contribution in [0.1, 0.15) is 30.4 Å². The van der Waals surface area contributed by atoms with E-state index in [4.69, 9.17) is 4.74 Å². The van der Waals surface area contributed by atoms with Gasteiger partial charge in [0.1, 0.15) is 11.6 Å². The summed E-state index contributed by atoms with van der Waals surface area (Å²) in [7, 11) is 0. The van der Waals surface area contributed by atoms with Crippen LogP contribution in [0.4, 0.5) is 22.0 Å². The van der Waals surface area contributed by atoms with E-state index in [0.29, 0.717) is 6.07 Å². The van der Waals surface area contributed by atoms with Gasteiger partial charge in [0, 0.05) is 23.2 Å². The number of ether oxygens (including phenoxy) is 1. The van der Waals surface area contributed by atoms with Crippen LogP contribution in [0, 0.1) is 23.0 Å². The molecule has 0 amide bonds. The zero-order valence-electron chi connectivity index (χ0n) is 13.5. The molecule has 3 saturated carbocycles. The number of pyridine rings is 1. The molecular weight excluding hydrogens is 353 g/mol. The van der Waals surface area contributed by atoms with Crippen LogP contribution < -0.4 is 0 Å². The molecule has 3 aliphatic carbocycles. The van der Waals surface area contributed by atoms with E-state index in [9.17, 15) is 13.2 Å². The second kappa shape index (κ2) is 4.63. The summed E-state index contributed by atoms with van der Waals surface area (Å²) in [5, 5.41) is 0. The van der Waals surface area contributed by atoms with Crippen molar-refractivity contribution in [1.82, 2.24) is 4.98 Å². The van der Waals surface area contributed by atoms with E-state index in [-0.39, 0.29) is 31.4 Å². The molecule has 1 atom stereocenters. The van der Waals surface area contributed by atoms with E-state index in [0.717, 1.165) is 17.7 Å². The summed E-state index contributed by atoms with van der Waals surface area (Å²) in [6.45, 7) is -0.296. The fourth-order valence-corrected chi connectivity index (χ4v) is 4.94. The van der Waals surface area contributed by atoms with Crippen LogP contribution in [0.25, 0.3) is 0 Å². The van der Waals surface area contributed by atoms with E-state index in [2.05, 4.69) is 4.98 Å². The van der Waals surface area contributed by atoms with Gasteiger partial charge in [0.05, 0.1) is 6.61 Å². The van der Waals surface area contributed by atoms with Crippen LogP contribution in [-0.2, 0) is 15.8 Å². The zero-order valence-corrected chi connectivity index (χ0v) is 13.5. The molecule has 2 bridgehead atoms. The highest BCUT2D eigenvalue weighted by Crippen LogP contribution is 2.81.